The number of carbonyl (C=O) groups is 1. The lowest BCUT2D eigenvalue weighted by Gasteiger charge is -2.29. The Balaban J connectivity index is 1.44. The van der Waals surface area contributed by atoms with E-state index >= 15 is 0 Å². The highest BCUT2D eigenvalue weighted by Crippen LogP contribution is 2.29. The smallest absolute Gasteiger partial charge is 0.296 e. The molecule has 5 rings (SSSR count). The number of nitrogens with one attached hydrogen (secondary N) is 1. The zero-order chi connectivity index (χ0) is 27.5. The van der Waals surface area contributed by atoms with Crippen molar-refractivity contribution in [2.45, 2.75) is 32.7 Å². The van der Waals surface area contributed by atoms with Gasteiger partial charge >= 0.3 is 0 Å². The number of para-hydroxylation sites is 2. The Morgan fingerprint density at radius 1 is 1.13 bits per heavy atom. The lowest BCUT2D eigenvalue weighted by atomic mass is 10.2. The third-order valence-electron chi connectivity index (χ3n) is 6.38. The molecule has 0 spiro atoms. The van der Waals surface area contributed by atoms with Crippen LogP contribution in [0.15, 0.2) is 34.9 Å². The second-order valence-corrected chi connectivity index (χ2v) is 9.21. The maximum absolute atomic E-state index is 14.1. The van der Waals surface area contributed by atoms with Gasteiger partial charge < -0.3 is 24.4 Å². The van der Waals surface area contributed by atoms with Gasteiger partial charge in [-0.15, -0.1) is 0 Å². The molecule has 4 heterocycles. The summed E-state index contributed by atoms with van der Waals surface area (Å²) in [4.78, 5) is 34.1. The number of nitrogens with zero attached hydrogens (tertiary/aromatic N) is 8. The SMILES string of the molecule is Cc1nc(CCN(C)C(=O)[C@H](C)Nc2nc(N3CCOCC3)cc(-n3c(C(F)F)nc4ccccc43)n2)no1. The predicted molar refractivity (Wildman–Crippen MR) is 138 cm³/mol. The molecule has 1 fully saturated rings. The molecule has 1 amide bonds. The number of amides is 1. The van der Waals surface area contributed by atoms with E-state index < -0.39 is 18.3 Å². The third kappa shape index (κ3) is 5.79. The molecule has 0 radical (unpaired) electrons. The van der Waals surface area contributed by atoms with Crippen LogP contribution in [-0.2, 0) is 16.0 Å². The number of benzene rings is 1. The molecule has 1 aliphatic heterocycles. The van der Waals surface area contributed by atoms with E-state index in [1.807, 2.05) is 4.90 Å². The summed E-state index contributed by atoms with van der Waals surface area (Å²) in [5, 5.41) is 6.92. The molecule has 0 saturated carbocycles. The summed E-state index contributed by atoms with van der Waals surface area (Å²) in [5.41, 5.74) is 0.918. The number of rotatable bonds is 9. The third-order valence-corrected chi connectivity index (χ3v) is 6.38. The number of hydrogen-bond acceptors (Lipinski definition) is 10. The molecule has 12 nitrogen and oxygen atoms in total. The van der Waals surface area contributed by atoms with E-state index in [0.717, 1.165) is 0 Å². The van der Waals surface area contributed by atoms with Crippen molar-refractivity contribution in [3.05, 3.63) is 47.9 Å². The van der Waals surface area contributed by atoms with Gasteiger partial charge in [0.15, 0.2) is 11.6 Å². The van der Waals surface area contributed by atoms with Gasteiger partial charge in [0.1, 0.15) is 17.7 Å². The lowest BCUT2D eigenvalue weighted by Crippen LogP contribution is -2.40. The minimum atomic E-state index is -2.83. The summed E-state index contributed by atoms with van der Waals surface area (Å²) < 4.78 is 39.9. The molecule has 1 aliphatic rings. The number of fused-ring (bicyclic) bond motifs is 1. The zero-order valence-corrected chi connectivity index (χ0v) is 21.8. The Morgan fingerprint density at radius 2 is 1.87 bits per heavy atom. The minimum Gasteiger partial charge on any atom is -0.378 e. The molecule has 1 aromatic carbocycles. The molecular formula is C25H29F2N9O3. The first-order valence-electron chi connectivity index (χ1n) is 12.6. The molecule has 1 saturated heterocycles. The number of aryl methyl sites for hydroxylation is 1. The van der Waals surface area contributed by atoms with Crippen molar-refractivity contribution in [3.63, 3.8) is 0 Å². The topological polar surface area (TPSA) is 127 Å². The Kier molecular flexibility index (Phi) is 7.63. The van der Waals surface area contributed by atoms with Crippen molar-refractivity contribution in [3.8, 4) is 5.82 Å². The Hall–Kier alpha value is -4.20. The van der Waals surface area contributed by atoms with Crippen LogP contribution >= 0.6 is 0 Å². The first-order chi connectivity index (χ1) is 18.8. The molecule has 39 heavy (non-hydrogen) atoms. The van der Waals surface area contributed by atoms with E-state index in [-0.39, 0.29) is 17.7 Å². The maximum Gasteiger partial charge on any atom is 0.296 e. The van der Waals surface area contributed by atoms with Crippen molar-refractivity contribution in [2.75, 3.05) is 50.1 Å². The number of morpholine rings is 1. The van der Waals surface area contributed by atoms with Crippen molar-refractivity contribution in [1.82, 2.24) is 34.6 Å². The van der Waals surface area contributed by atoms with Gasteiger partial charge in [-0.1, -0.05) is 17.3 Å². The largest absolute Gasteiger partial charge is 0.378 e. The predicted octanol–water partition coefficient (Wildman–Crippen LogP) is 2.78. The van der Waals surface area contributed by atoms with E-state index in [1.165, 1.54) is 4.57 Å². The summed E-state index contributed by atoms with van der Waals surface area (Å²) in [5.74, 6) is 1.23. The number of carbonyl (C=O) groups excluding carboxylic acids is 1. The van der Waals surface area contributed by atoms with Crippen LogP contribution < -0.4 is 10.2 Å². The standard InChI is InChI=1S/C25H29F2N9O3/c1-15(24(37)34(3)9-8-19-29-16(2)39-33-19)28-25-31-20(35-10-12-38-13-11-35)14-21(32-25)36-18-7-5-4-6-17(18)30-23(36)22(26)27/h4-7,14-15,22H,8-13H2,1-3H3,(H,28,31,32)/t15-/m0/s1. The number of anilines is 2. The first kappa shape index (κ1) is 26.4. The number of alkyl halides is 2. The Bertz CT molecular complexity index is 1450. The molecule has 0 aliphatic carbocycles. The quantitative estimate of drug-likeness (QED) is 0.338. The highest BCUT2D eigenvalue weighted by molar-refractivity contribution is 5.83. The number of halogens is 2. The van der Waals surface area contributed by atoms with Crippen LogP contribution in [0.3, 0.4) is 0 Å². The lowest BCUT2D eigenvalue weighted by molar-refractivity contribution is -0.130. The van der Waals surface area contributed by atoms with Gasteiger partial charge in [-0.25, -0.2) is 13.8 Å². The van der Waals surface area contributed by atoms with Gasteiger partial charge in [-0.05, 0) is 19.1 Å². The average molecular weight is 542 g/mol. The van der Waals surface area contributed by atoms with Crippen molar-refractivity contribution in [1.29, 1.82) is 0 Å². The average Bonchev–Trinajstić information content (AvgIpc) is 3.55. The number of likely N-dealkylation sites (N-methyl/N-ethyl adjacent to an activating group) is 1. The number of ether oxygens (including phenoxy) is 1. The van der Waals surface area contributed by atoms with Gasteiger partial charge in [-0.3, -0.25) is 9.36 Å². The van der Waals surface area contributed by atoms with Crippen molar-refractivity contribution >= 4 is 28.7 Å². The van der Waals surface area contributed by atoms with E-state index in [2.05, 4.69) is 30.4 Å². The summed E-state index contributed by atoms with van der Waals surface area (Å²) in [6.07, 6.45) is -2.39. The van der Waals surface area contributed by atoms with Crippen LogP contribution in [0.1, 0.15) is 30.9 Å². The zero-order valence-electron chi connectivity index (χ0n) is 21.8. The van der Waals surface area contributed by atoms with Crippen LogP contribution in [-0.4, -0.2) is 86.4 Å². The van der Waals surface area contributed by atoms with Crippen LogP contribution in [0.5, 0.6) is 0 Å². The van der Waals surface area contributed by atoms with Gasteiger partial charge in [-0.2, -0.15) is 15.0 Å². The van der Waals surface area contributed by atoms with Crippen LogP contribution in [0, 0.1) is 6.92 Å². The van der Waals surface area contributed by atoms with E-state index in [4.69, 9.17) is 9.26 Å². The van der Waals surface area contributed by atoms with Crippen molar-refractivity contribution in [2.24, 2.45) is 0 Å². The Morgan fingerprint density at radius 3 is 2.59 bits per heavy atom. The minimum absolute atomic E-state index is 0.134. The fraction of sp³-hybridized carbons (Fsp3) is 0.440. The summed E-state index contributed by atoms with van der Waals surface area (Å²) >= 11 is 0. The Labute approximate surface area is 223 Å². The van der Waals surface area contributed by atoms with Gasteiger partial charge in [0.25, 0.3) is 6.43 Å². The second-order valence-electron chi connectivity index (χ2n) is 9.21. The molecule has 1 N–H and O–H groups in total. The molecule has 14 heteroatoms. The van der Waals surface area contributed by atoms with E-state index in [0.29, 0.717) is 67.8 Å². The number of aromatic nitrogens is 6. The molecule has 1 atom stereocenters. The number of hydrogen-bond donors (Lipinski definition) is 1. The molecule has 4 aromatic rings. The molecule has 0 unspecified atom stereocenters. The summed E-state index contributed by atoms with van der Waals surface area (Å²) in [6.45, 7) is 5.95. The summed E-state index contributed by atoms with van der Waals surface area (Å²) in [6, 6.07) is 7.83. The highest BCUT2D eigenvalue weighted by atomic mass is 19.3. The van der Waals surface area contributed by atoms with Gasteiger partial charge in [0.2, 0.25) is 17.7 Å². The monoisotopic (exact) mass is 541 g/mol. The van der Waals surface area contributed by atoms with Crippen molar-refractivity contribution < 1.29 is 22.8 Å². The fourth-order valence-electron chi connectivity index (χ4n) is 4.39. The van der Waals surface area contributed by atoms with E-state index in [1.54, 1.807) is 56.1 Å². The van der Waals surface area contributed by atoms with Crippen LogP contribution in [0.25, 0.3) is 16.9 Å². The van der Waals surface area contributed by atoms with E-state index in [9.17, 15) is 13.6 Å². The molecule has 206 valence electrons. The van der Waals surface area contributed by atoms with Gasteiger partial charge in [0.05, 0.1) is 24.2 Å². The highest BCUT2D eigenvalue weighted by Gasteiger charge is 2.25. The maximum atomic E-state index is 14.1. The molecule has 3 aromatic heterocycles. The molecular weight excluding hydrogens is 512 g/mol. The van der Waals surface area contributed by atoms with Crippen LogP contribution in [0.2, 0.25) is 0 Å². The second kappa shape index (κ2) is 11.3. The fourth-order valence-corrected chi connectivity index (χ4v) is 4.39. The molecule has 0 bridgehead atoms. The normalized spacial score (nSPS) is 14.7. The first-order valence-corrected chi connectivity index (χ1v) is 12.6. The van der Waals surface area contributed by atoms with Gasteiger partial charge in [0, 0.05) is 46.1 Å². The summed E-state index contributed by atoms with van der Waals surface area (Å²) in [7, 11) is 1.68. The number of imidazole rings is 1. The van der Waals surface area contributed by atoms with Crippen LogP contribution in [0.4, 0.5) is 20.5 Å².